The Morgan fingerprint density at radius 1 is 1.03 bits per heavy atom. The van der Waals surface area contributed by atoms with Gasteiger partial charge >= 0.3 is 5.97 Å². The summed E-state index contributed by atoms with van der Waals surface area (Å²) in [6, 6.07) is 15.0. The van der Waals surface area contributed by atoms with E-state index in [1.54, 1.807) is 25.1 Å². The third-order valence-electron chi connectivity index (χ3n) is 4.20. The summed E-state index contributed by atoms with van der Waals surface area (Å²) in [7, 11) is 0. The van der Waals surface area contributed by atoms with Crippen LogP contribution in [0.2, 0.25) is 0 Å². The summed E-state index contributed by atoms with van der Waals surface area (Å²) < 4.78 is 10.3. The molecule has 0 aliphatic heterocycles. The molecule has 31 heavy (non-hydrogen) atoms. The molecule has 1 N–H and O–H groups in total. The molecule has 0 aliphatic carbocycles. The van der Waals surface area contributed by atoms with E-state index in [0.29, 0.717) is 18.9 Å². The number of amides is 1. The molecule has 0 saturated heterocycles. The maximum absolute atomic E-state index is 12.4. The van der Waals surface area contributed by atoms with Crippen LogP contribution in [0.3, 0.4) is 0 Å². The SMILES string of the molecule is CCOC(=O)C=Cc1ccc(NC(=O)Cc2csc(-c3ccc(OCC)cc3)n2)cc1. The summed E-state index contributed by atoms with van der Waals surface area (Å²) in [5.74, 6) is 0.302. The average molecular weight is 437 g/mol. The Labute approximate surface area is 185 Å². The topological polar surface area (TPSA) is 77.5 Å². The lowest BCUT2D eigenvalue weighted by Crippen LogP contribution is -2.14. The van der Waals surface area contributed by atoms with E-state index in [1.165, 1.54) is 17.4 Å². The minimum atomic E-state index is -0.382. The van der Waals surface area contributed by atoms with Crippen LogP contribution in [-0.2, 0) is 20.7 Å². The molecule has 0 unspecified atom stereocenters. The average Bonchev–Trinajstić information content (AvgIpc) is 3.22. The molecule has 2 aromatic carbocycles. The lowest BCUT2D eigenvalue weighted by atomic mass is 10.2. The highest BCUT2D eigenvalue weighted by molar-refractivity contribution is 7.13. The van der Waals surface area contributed by atoms with Crippen molar-refractivity contribution in [3.63, 3.8) is 0 Å². The molecular weight excluding hydrogens is 412 g/mol. The summed E-state index contributed by atoms with van der Waals surface area (Å²) in [6.45, 7) is 4.68. The minimum absolute atomic E-state index is 0.140. The first-order chi connectivity index (χ1) is 15.1. The van der Waals surface area contributed by atoms with E-state index in [-0.39, 0.29) is 18.3 Å². The van der Waals surface area contributed by atoms with Gasteiger partial charge in [0, 0.05) is 22.7 Å². The molecule has 0 fully saturated rings. The number of hydrogen-bond donors (Lipinski definition) is 1. The van der Waals surface area contributed by atoms with Gasteiger partial charge in [0.15, 0.2) is 0 Å². The number of benzene rings is 2. The van der Waals surface area contributed by atoms with Crippen molar-refractivity contribution in [3.05, 3.63) is 71.2 Å². The van der Waals surface area contributed by atoms with Crippen molar-refractivity contribution in [2.75, 3.05) is 18.5 Å². The van der Waals surface area contributed by atoms with Gasteiger partial charge in [-0.15, -0.1) is 11.3 Å². The number of rotatable bonds is 9. The van der Waals surface area contributed by atoms with Gasteiger partial charge in [-0.25, -0.2) is 9.78 Å². The highest BCUT2D eigenvalue weighted by Crippen LogP contribution is 2.26. The van der Waals surface area contributed by atoms with Gasteiger partial charge in [0.1, 0.15) is 10.8 Å². The molecule has 0 aliphatic rings. The van der Waals surface area contributed by atoms with Crippen molar-refractivity contribution in [2.45, 2.75) is 20.3 Å². The second-order valence-electron chi connectivity index (χ2n) is 6.53. The van der Waals surface area contributed by atoms with E-state index in [2.05, 4.69) is 10.3 Å². The number of carbonyl (C=O) groups excluding carboxylic acids is 2. The van der Waals surface area contributed by atoms with Crippen molar-refractivity contribution >= 4 is 35.0 Å². The van der Waals surface area contributed by atoms with Crippen LogP contribution >= 0.6 is 11.3 Å². The normalized spacial score (nSPS) is 10.8. The van der Waals surface area contributed by atoms with Gasteiger partial charge < -0.3 is 14.8 Å². The number of ether oxygens (including phenoxy) is 2. The predicted octanol–water partition coefficient (Wildman–Crippen LogP) is 4.97. The maximum atomic E-state index is 12.4. The van der Waals surface area contributed by atoms with Gasteiger partial charge in [-0.3, -0.25) is 4.79 Å². The van der Waals surface area contributed by atoms with E-state index in [9.17, 15) is 9.59 Å². The van der Waals surface area contributed by atoms with Gasteiger partial charge in [0.2, 0.25) is 5.91 Å². The molecule has 1 aromatic heterocycles. The Bertz CT molecular complexity index is 1040. The molecule has 0 spiro atoms. The first-order valence-corrected chi connectivity index (χ1v) is 10.9. The van der Waals surface area contributed by atoms with Gasteiger partial charge in [-0.1, -0.05) is 12.1 Å². The van der Waals surface area contributed by atoms with Gasteiger partial charge in [0.05, 0.1) is 25.3 Å². The number of anilines is 1. The van der Waals surface area contributed by atoms with E-state index in [1.807, 2.05) is 48.7 Å². The first-order valence-electron chi connectivity index (χ1n) is 9.99. The minimum Gasteiger partial charge on any atom is -0.494 e. The van der Waals surface area contributed by atoms with Crippen LogP contribution in [0.15, 0.2) is 60.0 Å². The molecule has 7 heteroatoms. The predicted molar refractivity (Wildman–Crippen MR) is 123 cm³/mol. The van der Waals surface area contributed by atoms with Crippen LogP contribution in [0.25, 0.3) is 16.6 Å². The van der Waals surface area contributed by atoms with Crippen LogP contribution in [0, 0.1) is 0 Å². The summed E-state index contributed by atoms with van der Waals surface area (Å²) in [6.07, 6.45) is 3.24. The molecule has 160 valence electrons. The Morgan fingerprint density at radius 3 is 2.45 bits per heavy atom. The number of aromatic nitrogens is 1. The fraction of sp³-hybridized carbons (Fsp3) is 0.208. The molecular formula is C24H24N2O4S. The Morgan fingerprint density at radius 2 is 1.77 bits per heavy atom. The second kappa shape index (κ2) is 11.1. The van der Waals surface area contributed by atoms with Crippen LogP contribution in [0.5, 0.6) is 5.75 Å². The molecule has 1 heterocycles. The van der Waals surface area contributed by atoms with Crippen LogP contribution in [0.1, 0.15) is 25.1 Å². The van der Waals surface area contributed by atoms with Gasteiger partial charge in [-0.05, 0) is 61.9 Å². The lowest BCUT2D eigenvalue weighted by molar-refractivity contribution is -0.137. The standard InChI is InChI=1S/C24H24N2O4S/c1-3-29-21-12-8-18(9-13-21)24-26-20(16-31-24)15-22(27)25-19-10-5-17(6-11-19)7-14-23(28)30-4-2/h5-14,16H,3-4,15H2,1-2H3,(H,25,27). The summed E-state index contributed by atoms with van der Waals surface area (Å²) in [5.41, 5.74) is 3.23. The molecule has 6 nitrogen and oxygen atoms in total. The van der Waals surface area contributed by atoms with Crippen LogP contribution < -0.4 is 10.1 Å². The number of hydrogen-bond acceptors (Lipinski definition) is 6. The van der Waals surface area contributed by atoms with E-state index < -0.39 is 0 Å². The number of nitrogens with zero attached hydrogens (tertiary/aromatic N) is 1. The fourth-order valence-corrected chi connectivity index (χ4v) is 3.61. The molecule has 0 saturated carbocycles. The van der Waals surface area contributed by atoms with E-state index in [0.717, 1.165) is 27.6 Å². The number of carbonyl (C=O) groups is 2. The fourth-order valence-electron chi connectivity index (χ4n) is 2.78. The summed E-state index contributed by atoms with van der Waals surface area (Å²) >= 11 is 1.51. The zero-order valence-electron chi connectivity index (χ0n) is 17.5. The Kier molecular flexibility index (Phi) is 7.95. The quantitative estimate of drug-likeness (QED) is 0.379. The van der Waals surface area contributed by atoms with Crippen molar-refractivity contribution < 1.29 is 19.1 Å². The summed E-state index contributed by atoms with van der Waals surface area (Å²) in [4.78, 5) is 28.3. The maximum Gasteiger partial charge on any atom is 0.330 e. The van der Waals surface area contributed by atoms with E-state index in [4.69, 9.17) is 9.47 Å². The van der Waals surface area contributed by atoms with Gasteiger partial charge in [0.25, 0.3) is 0 Å². The number of thiazole rings is 1. The molecule has 3 rings (SSSR count). The highest BCUT2D eigenvalue weighted by Gasteiger charge is 2.10. The highest BCUT2D eigenvalue weighted by atomic mass is 32.1. The van der Waals surface area contributed by atoms with Gasteiger partial charge in [-0.2, -0.15) is 0 Å². The van der Waals surface area contributed by atoms with Crippen molar-refractivity contribution in [2.24, 2.45) is 0 Å². The molecule has 0 bridgehead atoms. The zero-order valence-corrected chi connectivity index (χ0v) is 18.3. The third-order valence-corrected chi connectivity index (χ3v) is 5.14. The monoisotopic (exact) mass is 436 g/mol. The smallest absolute Gasteiger partial charge is 0.330 e. The second-order valence-corrected chi connectivity index (χ2v) is 7.39. The molecule has 0 radical (unpaired) electrons. The summed E-state index contributed by atoms with van der Waals surface area (Å²) in [5, 5.41) is 5.63. The molecule has 1 amide bonds. The molecule has 3 aromatic rings. The zero-order chi connectivity index (χ0) is 22.1. The largest absolute Gasteiger partial charge is 0.494 e. The Balaban J connectivity index is 1.54. The third kappa shape index (κ3) is 6.79. The van der Waals surface area contributed by atoms with Crippen molar-refractivity contribution in [1.82, 2.24) is 4.98 Å². The first kappa shape index (κ1) is 22.2. The van der Waals surface area contributed by atoms with Crippen LogP contribution in [0.4, 0.5) is 5.69 Å². The van der Waals surface area contributed by atoms with E-state index >= 15 is 0 Å². The van der Waals surface area contributed by atoms with Crippen molar-refractivity contribution in [3.8, 4) is 16.3 Å². The lowest BCUT2D eigenvalue weighted by Gasteiger charge is -2.05. The Hall–Kier alpha value is -3.45. The number of nitrogens with one attached hydrogen (secondary N) is 1. The van der Waals surface area contributed by atoms with Crippen molar-refractivity contribution in [1.29, 1.82) is 0 Å². The molecule has 0 atom stereocenters. The number of esters is 1. The van der Waals surface area contributed by atoms with Crippen LogP contribution in [-0.4, -0.2) is 30.1 Å².